The van der Waals surface area contributed by atoms with Crippen molar-refractivity contribution in [3.05, 3.63) is 40.3 Å². The molecule has 1 spiro atoms. The minimum Gasteiger partial charge on any atom is -0.436 e. The van der Waals surface area contributed by atoms with Gasteiger partial charge in [-0.3, -0.25) is 10.1 Å². The third-order valence-corrected chi connectivity index (χ3v) is 7.18. The molecule has 3 heterocycles. The first kappa shape index (κ1) is 24.5. The Hall–Kier alpha value is -3.16. The summed E-state index contributed by atoms with van der Waals surface area (Å²) in [6.07, 6.45) is -7.96. The molecule has 2 fully saturated rings. The molecule has 1 aliphatic carbocycles. The van der Waals surface area contributed by atoms with E-state index in [0.29, 0.717) is 0 Å². The van der Waals surface area contributed by atoms with Crippen molar-refractivity contribution >= 4 is 35.1 Å². The molecule has 0 unspecified atom stereocenters. The summed E-state index contributed by atoms with van der Waals surface area (Å²) in [5, 5.41) is 5.69. The molecule has 2 amide bonds. The predicted molar refractivity (Wildman–Crippen MR) is 113 cm³/mol. The number of carbonyl (C=O) groups excluding carboxylic acids is 2. The van der Waals surface area contributed by atoms with Crippen LogP contribution in [0.25, 0.3) is 0 Å². The van der Waals surface area contributed by atoms with Gasteiger partial charge in [0.15, 0.2) is 17.0 Å². The number of halogens is 7. The van der Waals surface area contributed by atoms with Crippen LogP contribution in [0, 0.1) is 5.82 Å². The first-order valence-corrected chi connectivity index (χ1v) is 11.1. The lowest BCUT2D eigenvalue weighted by Crippen LogP contribution is -2.62. The molecule has 8 nitrogen and oxygen atoms in total. The van der Waals surface area contributed by atoms with Crippen molar-refractivity contribution in [2.45, 2.75) is 48.9 Å². The largest absolute Gasteiger partial charge is 0.436 e. The van der Waals surface area contributed by atoms with Crippen molar-refractivity contribution in [2.24, 2.45) is 0 Å². The molecule has 194 valence electrons. The molecule has 1 aromatic carbocycles. The van der Waals surface area contributed by atoms with E-state index in [1.165, 1.54) is 12.1 Å². The van der Waals surface area contributed by atoms with Crippen LogP contribution in [-0.2, 0) is 15.9 Å². The zero-order valence-electron chi connectivity index (χ0n) is 18.3. The lowest BCUT2D eigenvalue weighted by atomic mass is 9.72. The van der Waals surface area contributed by atoms with E-state index in [0.717, 1.165) is 11.1 Å². The number of nitrogens with zero attached hydrogens (tertiary/aromatic N) is 3. The van der Waals surface area contributed by atoms with Gasteiger partial charge >= 0.3 is 12.3 Å². The summed E-state index contributed by atoms with van der Waals surface area (Å²) in [4.78, 5) is 26.6. The van der Waals surface area contributed by atoms with E-state index in [9.17, 15) is 31.5 Å². The molecule has 1 saturated carbocycles. The Bertz CT molecular complexity index is 1270. The highest BCUT2D eigenvalue weighted by molar-refractivity contribution is 6.31. The zero-order chi connectivity index (χ0) is 26.3. The molecule has 15 heteroatoms. The molecule has 2 aliphatic heterocycles. The number of rotatable bonds is 2. The second kappa shape index (κ2) is 7.67. The lowest BCUT2D eigenvalue weighted by molar-refractivity contribution is -0.299. The van der Waals surface area contributed by atoms with Crippen LogP contribution in [0.2, 0.25) is 5.02 Å². The summed E-state index contributed by atoms with van der Waals surface area (Å²) in [5.41, 5.74) is 0.765. The SMILES string of the molecule is Nc1c(C(=O)N2CCC[C@@]3(C2)OC(=O)Nc2ccc(Cl)c(F)c23)cnn1C1(C(F)(F)F)CC(F)(F)C1. The fraction of sp³-hybridized carbons (Fsp3) is 0.476. The first-order chi connectivity index (χ1) is 16.7. The number of aromatic nitrogens is 2. The van der Waals surface area contributed by atoms with Crippen molar-refractivity contribution in [2.75, 3.05) is 24.1 Å². The monoisotopic (exact) mass is 537 g/mol. The van der Waals surface area contributed by atoms with Gasteiger partial charge in [-0.15, -0.1) is 0 Å². The molecule has 36 heavy (non-hydrogen) atoms. The van der Waals surface area contributed by atoms with Crippen molar-refractivity contribution in [3.8, 4) is 0 Å². The predicted octanol–water partition coefficient (Wildman–Crippen LogP) is 4.64. The van der Waals surface area contributed by atoms with Crippen molar-refractivity contribution in [3.63, 3.8) is 0 Å². The fourth-order valence-electron chi connectivity index (χ4n) is 5.26. The maximum atomic E-state index is 15.0. The molecule has 0 bridgehead atoms. The number of nitrogens with two attached hydrogens (primary N) is 1. The van der Waals surface area contributed by atoms with Gasteiger partial charge in [-0.1, -0.05) is 11.6 Å². The minimum absolute atomic E-state index is 0.0662. The van der Waals surface area contributed by atoms with E-state index in [4.69, 9.17) is 22.1 Å². The Morgan fingerprint density at radius 2 is 1.94 bits per heavy atom. The average molecular weight is 538 g/mol. The summed E-state index contributed by atoms with van der Waals surface area (Å²) in [7, 11) is 0. The van der Waals surface area contributed by atoms with Gasteiger partial charge in [-0.05, 0) is 25.0 Å². The van der Waals surface area contributed by atoms with Gasteiger partial charge in [0.05, 0.1) is 29.0 Å². The number of amides is 2. The molecule has 1 aromatic heterocycles. The molecule has 1 saturated heterocycles. The van der Waals surface area contributed by atoms with Crippen LogP contribution in [0.1, 0.15) is 41.6 Å². The van der Waals surface area contributed by atoms with Gasteiger partial charge in [-0.2, -0.15) is 18.3 Å². The molecule has 5 rings (SSSR count). The third-order valence-electron chi connectivity index (χ3n) is 6.89. The number of carbonyl (C=O) groups is 2. The highest BCUT2D eigenvalue weighted by atomic mass is 35.5. The number of piperidine rings is 1. The number of fused-ring (bicyclic) bond motifs is 2. The van der Waals surface area contributed by atoms with Crippen LogP contribution in [0.3, 0.4) is 0 Å². The molecular formula is C21H18ClF6N5O3. The second-order valence-corrected chi connectivity index (χ2v) is 9.62. The number of hydrogen-bond acceptors (Lipinski definition) is 5. The highest BCUT2D eigenvalue weighted by Gasteiger charge is 2.72. The quantitative estimate of drug-likeness (QED) is 0.544. The average Bonchev–Trinajstić information content (AvgIpc) is 3.14. The van der Waals surface area contributed by atoms with Gasteiger partial charge in [-0.25, -0.2) is 22.6 Å². The number of likely N-dealkylation sites (tertiary alicyclic amines) is 1. The van der Waals surface area contributed by atoms with Crippen molar-refractivity contribution in [1.82, 2.24) is 14.7 Å². The zero-order valence-corrected chi connectivity index (χ0v) is 19.0. The smallest absolute Gasteiger partial charge is 0.414 e. The Morgan fingerprint density at radius 3 is 2.58 bits per heavy atom. The Labute approximate surface area is 204 Å². The van der Waals surface area contributed by atoms with Crippen LogP contribution in [-0.4, -0.2) is 51.9 Å². The van der Waals surface area contributed by atoms with E-state index in [2.05, 4.69) is 10.4 Å². The van der Waals surface area contributed by atoms with Crippen LogP contribution < -0.4 is 11.1 Å². The molecule has 1 atom stereocenters. The number of nitrogen functional groups attached to an aromatic ring is 1. The molecular weight excluding hydrogens is 520 g/mol. The van der Waals surface area contributed by atoms with Crippen LogP contribution in [0.4, 0.5) is 42.6 Å². The Morgan fingerprint density at radius 1 is 1.25 bits per heavy atom. The summed E-state index contributed by atoms with van der Waals surface area (Å²) >= 11 is 5.93. The van der Waals surface area contributed by atoms with Crippen LogP contribution in [0.15, 0.2) is 18.3 Å². The molecule has 3 aliphatic rings. The standard InChI is InChI=1S/C21H18ClF6N5O3/c22-11-2-3-12-13(14(11)23)18(36-17(35)31-12)4-1-5-32(9-18)16(34)10-6-30-33(15(10)29)19(21(26,27)28)7-20(24,25)8-19/h2-3,6H,1,4-5,7-9,29H2,(H,31,35)/t18-/m0/s1. The lowest BCUT2D eigenvalue weighted by Gasteiger charge is -2.48. The van der Waals surface area contributed by atoms with Gasteiger partial charge in [0.2, 0.25) is 0 Å². The second-order valence-electron chi connectivity index (χ2n) is 9.22. The van der Waals surface area contributed by atoms with E-state index in [-0.39, 0.29) is 46.9 Å². The van der Waals surface area contributed by atoms with E-state index < -0.39 is 65.3 Å². The maximum absolute atomic E-state index is 15.0. The summed E-state index contributed by atoms with van der Waals surface area (Å²) in [6, 6.07) is 2.63. The van der Waals surface area contributed by atoms with E-state index >= 15 is 4.39 Å². The first-order valence-electron chi connectivity index (χ1n) is 10.8. The number of benzene rings is 1. The van der Waals surface area contributed by atoms with Crippen molar-refractivity contribution in [1.29, 1.82) is 0 Å². The third kappa shape index (κ3) is 3.48. The van der Waals surface area contributed by atoms with Gasteiger partial charge in [0.1, 0.15) is 11.4 Å². The minimum atomic E-state index is -5.10. The highest BCUT2D eigenvalue weighted by Crippen LogP contribution is 2.59. The maximum Gasteiger partial charge on any atom is 0.414 e. The molecule has 0 radical (unpaired) electrons. The van der Waals surface area contributed by atoms with Crippen LogP contribution in [0.5, 0.6) is 0 Å². The van der Waals surface area contributed by atoms with Gasteiger partial charge in [0.25, 0.3) is 11.8 Å². The molecule has 2 aromatic rings. The Balaban J connectivity index is 1.49. The summed E-state index contributed by atoms with van der Waals surface area (Å²) in [5.74, 6) is -6.02. The number of alkyl halides is 5. The number of anilines is 2. The number of nitrogens with one attached hydrogen (secondary N) is 1. The van der Waals surface area contributed by atoms with Crippen LogP contribution >= 0.6 is 11.6 Å². The fourth-order valence-corrected chi connectivity index (χ4v) is 5.41. The summed E-state index contributed by atoms with van der Waals surface area (Å²) < 4.78 is 89.0. The number of hydrogen-bond donors (Lipinski definition) is 2. The van der Waals surface area contributed by atoms with E-state index in [1.807, 2.05) is 0 Å². The van der Waals surface area contributed by atoms with Gasteiger partial charge in [0, 0.05) is 19.4 Å². The number of ether oxygens (including phenoxy) is 1. The van der Waals surface area contributed by atoms with Gasteiger partial charge < -0.3 is 15.4 Å². The normalized spacial score (nSPS) is 24.5. The Kier molecular flexibility index (Phi) is 5.23. The molecule has 3 N–H and O–H groups in total. The van der Waals surface area contributed by atoms with E-state index in [1.54, 1.807) is 0 Å². The van der Waals surface area contributed by atoms with Crippen molar-refractivity contribution < 1.29 is 40.7 Å². The topological polar surface area (TPSA) is 102 Å². The summed E-state index contributed by atoms with van der Waals surface area (Å²) in [6.45, 7) is -0.271.